The standard InChI is InChI=1S/C14H9F3O/c1-8-2-3-9(15)6-11(8)14(18)12-7-10(16)4-5-13(12)17/h2-7H,1H3. The highest BCUT2D eigenvalue weighted by Crippen LogP contribution is 2.18. The lowest BCUT2D eigenvalue weighted by molar-refractivity contribution is 0.103. The molecule has 0 N–H and O–H groups in total. The highest BCUT2D eigenvalue weighted by Gasteiger charge is 2.17. The Bertz CT molecular complexity index is 567. The molecule has 1 nitrogen and oxygen atoms in total. The van der Waals surface area contributed by atoms with Crippen molar-refractivity contribution in [1.82, 2.24) is 0 Å². The van der Waals surface area contributed by atoms with Gasteiger partial charge < -0.3 is 0 Å². The van der Waals surface area contributed by atoms with Gasteiger partial charge in [-0.25, -0.2) is 13.2 Å². The number of aryl methyl sites for hydroxylation is 1. The summed E-state index contributed by atoms with van der Waals surface area (Å²) in [4.78, 5) is 12.0. The van der Waals surface area contributed by atoms with E-state index in [0.717, 1.165) is 24.3 Å². The number of halogens is 3. The van der Waals surface area contributed by atoms with Crippen LogP contribution in [-0.2, 0) is 0 Å². The van der Waals surface area contributed by atoms with Crippen LogP contribution in [0.2, 0.25) is 0 Å². The molecule has 0 saturated carbocycles. The van der Waals surface area contributed by atoms with Gasteiger partial charge in [0.25, 0.3) is 0 Å². The van der Waals surface area contributed by atoms with Gasteiger partial charge in [0, 0.05) is 5.56 Å². The lowest BCUT2D eigenvalue weighted by Gasteiger charge is -2.06. The largest absolute Gasteiger partial charge is 0.288 e. The fourth-order valence-corrected chi connectivity index (χ4v) is 1.66. The van der Waals surface area contributed by atoms with Crippen molar-refractivity contribution in [2.24, 2.45) is 0 Å². The van der Waals surface area contributed by atoms with E-state index >= 15 is 0 Å². The lowest BCUT2D eigenvalue weighted by Crippen LogP contribution is -2.07. The van der Waals surface area contributed by atoms with E-state index in [-0.39, 0.29) is 5.56 Å². The number of hydrogen-bond acceptors (Lipinski definition) is 1. The molecule has 92 valence electrons. The molecule has 0 aliphatic heterocycles. The first-order chi connectivity index (χ1) is 8.49. The van der Waals surface area contributed by atoms with Crippen molar-refractivity contribution < 1.29 is 18.0 Å². The number of carbonyl (C=O) groups is 1. The molecule has 0 spiro atoms. The Hall–Kier alpha value is -2.10. The van der Waals surface area contributed by atoms with Gasteiger partial charge in [-0.3, -0.25) is 4.79 Å². The molecule has 2 aromatic carbocycles. The van der Waals surface area contributed by atoms with Crippen molar-refractivity contribution in [1.29, 1.82) is 0 Å². The smallest absolute Gasteiger partial charge is 0.196 e. The third-order valence-corrected chi connectivity index (χ3v) is 2.62. The number of benzene rings is 2. The Kier molecular flexibility index (Phi) is 3.19. The summed E-state index contributed by atoms with van der Waals surface area (Å²) < 4.78 is 39.5. The molecule has 2 aromatic rings. The summed E-state index contributed by atoms with van der Waals surface area (Å²) in [6.07, 6.45) is 0. The minimum atomic E-state index is -0.829. The van der Waals surface area contributed by atoms with E-state index < -0.39 is 28.8 Å². The summed E-state index contributed by atoms with van der Waals surface area (Å²) in [6, 6.07) is 6.24. The minimum Gasteiger partial charge on any atom is -0.288 e. The summed E-state index contributed by atoms with van der Waals surface area (Å²) in [5, 5.41) is 0. The molecule has 0 aliphatic carbocycles. The first-order valence-corrected chi connectivity index (χ1v) is 5.25. The fraction of sp³-hybridized carbons (Fsp3) is 0.0714. The molecular formula is C14H9F3O. The molecule has 0 aliphatic rings. The molecule has 0 fully saturated rings. The van der Waals surface area contributed by atoms with Crippen LogP contribution in [0.15, 0.2) is 36.4 Å². The van der Waals surface area contributed by atoms with Gasteiger partial charge in [-0.15, -0.1) is 0 Å². The van der Waals surface area contributed by atoms with E-state index in [1.165, 1.54) is 12.1 Å². The van der Waals surface area contributed by atoms with Crippen LogP contribution in [0.3, 0.4) is 0 Å². The van der Waals surface area contributed by atoms with Crippen molar-refractivity contribution >= 4 is 5.78 Å². The van der Waals surface area contributed by atoms with Gasteiger partial charge in [-0.1, -0.05) is 6.07 Å². The Balaban J connectivity index is 2.54. The predicted octanol–water partition coefficient (Wildman–Crippen LogP) is 3.64. The molecule has 0 bridgehead atoms. The maximum Gasteiger partial charge on any atom is 0.196 e. The maximum atomic E-state index is 13.5. The van der Waals surface area contributed by atoms with E-state index in [1.54, 1.807) is 6.92 Å². The van der Waals surface area contributed by atoms with Crippen LogP contribution in [0, 0.1) is 24.4 Å². The second kappa shape index (κ2) is 4.64. The monoisotopic (exact) mass is 250 g/mol. The van der Waals surface area contributed by atoms with Gasteiger partial charge in [-0.05, 0) is 42.8 Å². The van der Waals surface area contributed by atoms with E-state index in [4.69, 9.17) is 0 Å². The van der Waals surface area contributed by atoms with Crippen LogP contribution in [0.25, 0.3) is 0 Å². The Labute approximate surface area is 102 Å². The van der Waals surface area contributed by atoms with Gasteiger partial charge in [0.1, 0.15) is 17.5 Å². The maximum absolute atomic E-state index is 13.5. The number of carbonyl (C=O) groups excluding carboxylic acids is 1. The first-order valence-electron chi connectivity index (χ1n) is 5.25. The number of ketones is 1. The van der Waals surface area contributed by atoms with E-state index in [9.17, 15) is 18.0 Å². The van der Waals surface area contributed by atoms with Crippen molar-refractivity contribution in [2.75, 3.05) is 0 Å². The normalized spacial score (nSPS) is 10.4. The van der Waals surface area contributed by atoms with Crippen molar-refractivity contribution in [3.63, 3.8) is 0 Å². The van der Waals surface area contributed by atoms with E-state index in [1.807, 2.05) is 0 Å². The molecule has 0 atom stereocenters. The van der Waals surface area contributed by atoms with E-state index in [2.05, 4.69) is 0 Å². The van der Waals surface area contributed by atoms with Gasteiger partial charge >= 0.3 is 0 Å². The molecule has 0 amide bonds. The molecule has 4 heteroatoms. The quantitative estimate of drug-likeness (QED) is 0.743. The van der Waals surface area contributed by atoms with Crippen LogP contribution in [0.4, 0.5) is 13.2 Å². The summed E-state index contributed by atoms with van der Waals surface area (Å²) in [5.74, 6) is -2.87. The molecule has 0 saturated heterocycles. The zero-order chi connectivity index (χ0) is 13.3. The molecule has 2 rings (SSSR count). The van der Waals surface area contributed by atoms with Crippen molar-refractivity contribution in [3.8, 4) is 0 Å². The highest BCUT2D eigenvalue weighted by atomic mass is 19.1. The van der Waals surface area contributed by atoms with Crippen LogP contribution < -0.4 is 0 Å². The van der Waals surface area contributed by atoms with Crippen LogP contribution >= 0.6 is 0 Å². The van der Waals surface area contributed by atoms with Crippen molar-refractivity contribution in [2.45, 2.75) is 6.92 Å². The average molecular weight is 250 g/mol. The second-order valence-electron chi connectivity index (χ2n) is 3.91. The topological polar surface area (TPSA) is 17.1 Å². The second-order valence-corrected chi connectivity index (χ2v) is 3.91. The number of hydrogen-bond donors (Lipinski definition) is 0. The Morgan fingerprint density at radius 1 is 0.889 bits per heavy atom. The Morgan fingerprint density at radius 3 is 2.11 bits per heavy atom. The molecule has 0 heterocycles. The summed E-state index contributed by atoms with van der Waals surface area (Å²) >= 11 is 0. The van der Waals surface area contributed by atoms with E-state index in [0.29, 0.717) is 5.56 Å². The van der Waals surface area contributed by atoms with Gasteiger partial charge in [0.15, 0.2) is 5.78 Å². The molecule has 0 aromatic heterocycles. The zero-order valence-electron chi connectivity index (χ0n) is 9.51. The third kappa shape index (κ3) is 2.27. The SMILES string of the molecule is Cc1ccc(F)cc1C(=O)c1cc(F)ccc1F. The molecule has 0 radical (unpaired) electrons. The summed E-state index contributed by atoms with van der Waals surface area (Å²) in [6.45, 7) is 1.60. The third-order valence-electron chi connectivity index (χ3n) is 2.62. The average Bonchev–Trinajstić information content (AvgIpc) is 2.34. The molecular weight excluding hydrogens is 241 g/mol. The van der Waals surface area contributed by atoms with Crippen LogP contribution in [0.1, 0.15) is 21.5 Å². The predicted molar refractivity (Wildman–Crippen MR) is 60.9 cm³/mol. The Morgan fingerprint density at radius 2 is 1.44 bits per heavy atom. The number of rotatable bonds is 2. The summed E-state index contributed by atoms with van der Waals surface area (Å²) in [5.41, 5.74) is 0.133. The van der Waals surface area contributed by atoms with Gasteiger partial charge in [0.2, 0.25) is 0 Å². The van der Waals surface area contributed by atoms with Crippen LogP contribution in [-0.4, -0.2) is 5.78 Å². The fourth-order valence-electron chi connectivity index (χ4n) is 1.66. The lowest BCUT2D eigenvalue weighted by atomic mass is 9.98. The minimum absolute atomic E-state index is 0.0273. The molecule has 0 unspecified atom stereocenters. The molecule has 18 heavy (non-hydrogen) atoms. The zero-order valence-corrected chi connectivity index (χ0v) is 9.51. The summed E-state index contributed by atoms with van der Waals surface area (Å²) in [7, 11) is 0. The van der Waals surface area contributed by atoms with Crippen molar-refractivity contribution in [3.05, 3.63) is 70.5 Å². The first kappa shape index (κ1) is 12.4. The van der Waals surface area contributed by atoms with Crippen LogP contribution in [0.5, 0.6) is 0 Å². The highest BCUT2D eigenvalue weighted by molar-refractivity contribution is 6.10. The van der Waals surface area contributed by atoms with Gasteiger partial charge in [0.05, 0.1) is 5.56 Å². The van der Waals surface area contributed by atoms with Gasteiger partial charge in [-0.2, -0.15) is 0 Å².